The zero-order chi connectivity index (χ0) is 14.3. The molecule has 0 radical (unpaired) electrons. The van der Waals surface area contributed by atoms with Gasteiger partial charge in [0.15, 0.2) is 0 Å². The summed E-state index contributed by atoms with van der Waals surface area (Å²) in [6.45, 7) is 0. The van der Waals surface area contributed by atoms with Crippen molar-refractivity contribution in [2.24, 2.45) is 17.8 Å². The maximum absolute atomic E-state index is 12.2. The molecule has 4 atom stereocenters. The van der Waals surface area contributed by atoms with Crippen LogP contribution >= 0.6 is 11.6 Å². The first-order chi connectivity index (χ1) is 9.56. The molecule has 1 amide bonds. The number of carbonyl (C=O) groups is 2. The molecule has 1 aromatic heterocycles. The van der Waals surface area contributed by atoms with E-state index >= 15 is 0 Å². The van der Waals surface area contributed by atoms with Gasteiger partial charge in [-0.2, -0.15) is 0 Å². The number of nitrogens with one attached hydrogen (secondary N) is 1. The standard InChI is InChI=1S/C14H15ClN2O3/c15-10-3-1-2-9(16-10)13(18)17-12-8-5-4-7(6-8)11(12)14(19)20/h1-3,7-8,11-12H,4-6H2,(H,17,18)(H,19,20). The molecule has 1 heterocycles. The van der Waals surface area contributed by atoms with Crippen LogP contribution in [-0.4, -0.2) is 28.0 Å². The molecule has 6 heteroatoms. The Labute approximate surface area is 121 Å². The number of hydrogen-bond donors (Lipinski definition) is 2. The number of nitrogens with zero attached hydrogens (tertiary/aromatic N) is 1. The summed E-state index contributed by atoms with van der Waals surface area (Å²) in [5, 5.41) is 12.4. The molecular weight excluding hydrogens is 280 g/mol. The van der Waals surface area contributed by atoms with Crippen LogP contribution in [0, 0.1) is 17.8 Å². The Kier molecular flexibility index (Phi) is 3.38. The van der Waals surface area contributed by atoms with E-state index in [0.29, 0.717) is 0 Å². The molecule has 0 aromatic carbocycles. The van der Waals surface area contributed by atoms with Crippen LogP contribution in [0.2, 0.25) is 5.15 Å². The van der Waals surface area contributed by atoms with E-state index in [1.165, 1.54) is 0 Å². The molecule has 4 unspecified atom stereocenters. The highest BCUT2D eigenvalue weighted by atomic mass is 35.5. The van der Waals surface area contributed by atoms with Crippen LogP contribution in [0.15, 0.2) is 18.2 Å². The largest absolute Gasteiger partial charge is 0.481 e. The average molecular weight is 295 g/mol. The SMILES string of the molecule is O=C(NC1C2CCC(C2)C1C(=O)O)c1cccc(Cl)n1. The molecule has 2 bridgehead atoms. The fourth-order valence-corrected chi connectivity index (χ4v) is 3.78. The maximum atomic E-state index is 12.2. The molecule has 2 saturated carbocycles. The molecule has 2 fully saturated rings. The fraction of sp³-hybridized carbons (Fsp3) is 0.500. The lowest BCUT2D eigenvalue weighted by Crippen LogP contribution is -2.47. The molecule has 5 nitrogen and oxygen atoms in total. The molecule has 2 aliphatic rings. The van der Waals surface area contributed by atoms with E-state index in [1.54, 1.807) is 18.2 Å². The summed E-state index contributed by atoms with van der Waals surface area (Å²) in [5.74, 6) is -1.19. The number of pyridine rings is 1. The van der Waals surface area contributed by atoms with Gasteiger partial charge < -0.3 is 10.4 Å². The van der Waals surface area contributed by atoms with E-state index in [9.17, 15) is 14.7 Å². The molecule has 1 aromatic rings. The maximum Gasteiger partial charge on any atom is 0.308 e. The molecule has 0 spiro atoms. The molecule has 106 valence electrons. The molecule has 3 rings (SSSR count). The van der Waals surface area contributed by atoms with Crippen molar-refractivity contribution in [2.75, 3.05) is 0 Å². The third kappa shape index (κ3) is 2.26. The second kappa shape index (κ2) is 5.05. The number of carboxylic acid groups (broad SMARTS) is 1. The van der Waals surface area contributed by atoms with Crippen molar-refractivity contribution >= 4 is 23.5 Å². The Morgan fingerprint density at radius 2 is 2.05 bits per heavy atom. The summed E-state index contributed by atoms with van der Waals surface area (Å²) < 4.78 is 0. The third-order valence-corrected chi connectivity index (χ3v) is 4.66. The van der Waals surface area contributed by atoms with Gasteiger partial charge in [0, 0.05) is 6.04 Å². The summed E-state index contributed by atoms with van der Waals surface area (Å²) in [6.07, 6.45) is 2.83. The highest BCUT2D eigenvalue weighted by molar-refractivity contribution is 6.29. The van der Waals surface area contributed by atoms with E-state index in [0.717, 1.165) is 19.3 Å². The summed E-state index contributed by atoms with van der Waals surface area (Å²) in [5.41, 5.74) is 0.226. The first-order valence-electron chi connectivity index (χ1n) is 6.72. The summed E-state index contributed by atoms with van der Waals surface area (Å²) in [6, 6.07) is 4.53. The van der Waals surface area contributed by atoms with Crippen LogP contribution in [-0.2, 0) is 4.79 Å². The Morgan fingerprint density at radius 3 is 2.75 bits per heavy atom. The van der Waals surface area contributed by atoms with E-state index < -0.39 is 11.9 Å². The Balaban J connectivity index is 1.77. The van der Waals surface area contributed by atoms with Crippen LogP contribution in [0.5, 0.6) is 0 Å². The number of amides is 1. The molecule has 0 aliphatic heterocycles. The first-order valence-corrected chi connectivity index (χ1v) is 7.10. The fourth-order valence-electron chi connectivity index (χ4n) is 3.61. The summed E-state index contributed by atoms with van der Waals surface area (Å²) >= 11 is 5.76. The van der Waals surface area contributed by atoms with Crippen molar-refractivity contribution in [2.45, 2.75) is 25.3 Å². The lowest BCUT2D eigenvalue weighted by atomic mass is 9.84. The molecular formula is C14H15ClN2O3. The number of carbonyl (C=O) groups excluding carboxylic acids is 1. The molecule has 20 heavy (non-hydrogen) atoms. The second-order valence-electron chi connectivity index (χ2n) is 5.54. The Hall–Kier alpha value is -1.62. The second-order valence-corrected chi connectivity index (χ2v) is 5.93. The van der Waals surface area contributed by atoms with Crippen molar-refractivity contribution in [1.82, 2.24) is 10.3 Å². The van der Waals surface area contributed by atoms with Gasteiger partial charge in [-0.3, -0.25) is 9.59 Å². The minimum Gasteiger partial charge on any atom is -0.481 e. The number of halogens is 1. The van der Waals surface area contributed by atoms with Gasteiger partial charge in [0.2, 0.25) is 0 Å². The van der Waals surface area contributed by atoms with E-state index in [-0.39, 0.29) is 34.6 Å². The predicted molar refractivity (Wildman–Crippen MR) is 72.5 cm³/mol. The van der Waals surface area contributed by atoms with E-state index in [1.807, 2.05) is 0 Å². The van der Waals surface area contributed by atoms with Crippen molar-refractivity contribution < 1.29 is 14.7 Å². The normalized spacial score (nSPS) is 31.2. The van der Waals surface area contributed by atoms with Crippen LogP contribution < -0.4 is 5.32 Å². The predicted octanol–water partition coefficient (Wildman–Crippen LogP) is 1.96. The number of fused-ring (bicyclic) bond motifs is 2. The van der Waals surface area contributed by atoms with Gasteiger partial charge >= 0.3 is 5.97 Å². The van der Waals surface area contributed by atoms with E-state index in [4.69, 9.17) is 11.6 Å². The molecule has 0 saturated heterocycles. The van der Waals surface area contributed by atoms with Gasteiger partial charge in [-0.05, 0) is 43.2 Å². The quantitative estimate of drug-likeness (QED) is 0.835. The summed E-state index contributed by atoms with van der Waals surface area (Å²) in [7, 11) is 0. The number of carboxylic acids is 1. The molecule has 2 aliphatic carbocycles. The van der Waals surface area contributed by atoms with E-state index in [2.05, 4.69) is 10.3 Å². The topological polar surface area (TPSA) is 79.3 Å². The Bertz CT molecular complexity index is 563. The first kappa shape index (κ1) is 13.4. The van der Waals surface area contributed by atoms with Gasteiger partial charge in [-0.15, -0.1) is 0 Å². The van der Waals surface area contributed by atoms with Crippen LogP contribution in [0.25, 0.3) is 0 Å². The number of rotatable bonds is 3. The van der Waals surface area contributed by atoms with Gasteiger partial charge in [0.1, 0.15) is 10.8 Å². The zero-order valence-corrected chi connectivity index (χ0v) is 11.5. The minimum atomic E-state index is -0.818. The highest BCUT2D eigenvalue weighted by Crippen LogP contribution is 2.48. The number of aliphatic carboxylic acids is 1. The van der Waals surface area contributed by atoms with Crippen LogP contribution in [0.1, 0.15) is 29.8 Å². The van der Waals surface area contributed by atoms with Gasteiger partial charge in [-0.25, -0.2) is 4.98 Å². The number of hydrogen-bond acceptors (Lipinski definition) is 3. The van der Waals surface area contributed by atoms with Crippen molar-refractivity contribution in [3.63, 3.8) is 0 Å². The van der Waals surface area contributed by atoms with Crippen molar-refractivity contribution in [3.05, 3.63) is 29.0 Å². The average Bonchev–Trinajstić information content (AvgIpc) is 2.99. The van der Waals surface area contributed by atoms with Gasteiger partial charge in [-0.1, -0.05) is 17.7 Å². The number of aromatic nitrogens is 1. The lowest BCUT2D eigenvalue weighted by molar-refractivity contribution is -0.144. The third-order valence-electron chi connectivity index (χ3n) is 4.45. The minimum absolute atomic E-state index is 0.190. The highest BCUT2D eigenvalue weighted by Gasteiger charge is 2.51. The van der Waals surface area contributed by atoms with Crippen molar-refractivity contribution in [3.8, 4) is 0 Å². The van der Waals surface area contributed by atoms with Crippen LogP contribution in [0.4, 0.5) is 0 Å². The zero-order valence-electron chi connectivity index (χ0n) is 10.8. The van der Waals surface area contributed by atoms with Crippen LogP contribution in [0.3, 0.4) is 0 Å². The monoisotopic (exact) mass is 294 g/mol. The van der Waals surface area contributed by atoms with Gasteiger partial charge in [0.05, 0.1) is 5.92 Å². The smallest absolute Gasteiger partial charge is 0.308 e. The Morgan fingerprint density at radius 1 is 1.30 bits per heavy atom. The van der Waals surface area contributed by atoms with Crippen molar-refractivity contribution in [1.29, 1.82) is 0 Å². The molecule has 2 N–H and O–H groups in total. The van der Waals surface area contributed by atoms with Gasteiger partial charge in [0.25, 0.3) is 5.91 Å². The lowest BCUT2D eigenvalue weighted by Gasteiger charge is -2.28. The summed E-state index contributed by atoms with van der Waals surface area (Å²) in [4.78, 5) is 27.5.